The van der Waals surface area contributed by atoms with Crippen LogP contribution in [0.1, 0.15) is 41.1 Å². The number of pyridine rings is 1. The number of terminal acetylenes is 1. The van der Waals surface area contributed by atoms with Crippen molar-refractivity contribution in [3.05, 3.63) is 59.5 Å². The number of anilines is 1. The van der Waals surface area contributed by atoms with Gasteiger partial charge in [-0.05, 0) is 42.7 Å². The van der Waals surface area contributed by atoms with E-state index in [2.05, 4.69) is 21.5 Å². The third-order valence-electron chi connectivity index (χ3n) is 4.52. The summed E-state index contributed by atoms with van der Waals surface area (Å²) in [6.45, 7) is 0.195. The number of halogens is 1. The van der Waals surface area contributed by atoms with Gasteiger partial charge in [-0.3, -0.25) is 4.79 Å². The predicted molar refractivity (Wildman–Crippen MR) is 95.8 cm³/mol. The number of hydrogen-bond donors (Lipinski definition) is 2. The molecule has 0 bridgehead atoms. The van der Waals surface area contributed by atoms with E-state index in [0.717, 1.165) is 30.6 Å². The molecule has 2 unspecified atom stereocenters. The van der Waals surface area contributed by atoms with Crippen LogP contribution in [-0.2, 0) is 0 Å². The van der Waals surface area contributed by atoms with Crippen molar-refractivity contribution in [2.24, 2.45) is 0 Å². The van der Waals surface area contributed by atoms with E-state index < -0.39 is 0 Å². The van der Waals surface area contributed by atoms with Crippen LogP contribution >= 0.6 is 0 Å². The van der Waals surface area contributed by atoms with Crippen molar-refractivity contribution in [2.75, 3.05) is 11.9 Å². The maximum atomic E-state index is 13.1. The molecule has 1 aliphatic carbocycles. The van der Waals surface area contributed by atoms with Gasteiger partial charge in [0.15, 0.2) is 0 Å². The summed E-state index contributed by atoms with van der Waals surface area (Å²) in [4.78, 5) is 16.2. The zero-order valence-electron chi connectivity index (χ0n) is 13.8. The SMILES string of the molecule is C#CCNC(=O)c1ccc(NC2CCCC2c2ccc(F)cc2)nc1. The maximum Gasteiger partial charge on any atom is 0.253 e. The van der Waals surface area contributed by atoms with E-state index in [9.17, 15) is 9.18 Å². The number of aromatic nitrogens is 1. The van der Waals surface area contributed by atoms with Crippen LogP contribution in [0.4, 0.5) is 10.2 Å². The number of benzene rings is 1. The summed E-state index contributed by atoms with van der Waals surface area (Å²) in [7, 11) is 0. The van der Waals surface area contributed by atoms with E-state index in [-0.39, 0.29) is 24.3 Å². The van der Waals surface area contributed by atoms with Gasteiger partial charge in [0.1, 0.15) is 11.6 Å². The number of amides is 1. The second kappa shape index (κ2) is 7.80. The van der Waals surface area contributed by atoms with Crippen molar-refractivity contribution in [1.29, 1.82) is 0 Å². The summed E-state index contributed by atoms with van der Waals surface area (Å²) < 4.78 is 13.1. The van der Waals surface area contributed by atoms with E-state index in [1.807, 2.05) is 12.1 Å². The van der Waals surface area contributed by atoms with Gasteiger partial charge in [-0.2, -0.15) is 0 Å². The molecule has 0 radical (unpaired) electrons. The third kappa shape index (κ3) is 4.16. The van der Waals surface area contributed by atoms with Crippen molar-refractivity contribution < 1.29 is 9.18 Å². The first-order valence-corrected chi connectivity index (χ1v) is 8.37. The Morgan fingerprint density at radius 3 is 2.72 bits per heavy atom. The Hall–Kier alpha value is -2.87. The van der Waals surface area contributed by atoms with E-state index in [1.54, 1.807) is 12.1 Å². The van der Waals surface area contributed by atoms with E-state index >= 15 is 0 Å². The predicted octanol–water partition coefficient (Wildman–Crippen LogP) is 3.33. The third-order valence-corrected chi connectivity index (χ3v) is 4.52. The molecular formula is C20H20FN3O. The van der Waals surface area contributed by atoms with Gasteiger partial charge in [-0.1, -0.05) is 24.5 Å². The second-order valence-electron chi connectivity index (χ2n) is 6.16. The Morgan fingerprint density at radius 2 is 2.04 bits per heavy atom. The summed E-state index contributed by atoms with van der Waals surface area (Å²) in [5.41, 5.74) is 1.61. The molecule has 1 saturated carbocycles. The summed E-state index contributed by atoms with van der Waals surface area (Å²) in [6, 6.07) is 10.5. The molecule has 1 heterocycles. The van der Waals surface area contributed by atoms with Gasteiger partial charge < -0.3 is 10.6 Å². The Morgan fingerprint density at radius 1 is 1.24 bits per heavy atom. The van der Waals surface area contributed by atoms with Gasteiger partial charge in [-0.25, -0.2) is 9.37 Å². The minimum atomic E-state index is -0.234. The van der Waals surface area contributed by atoms with Crippen molar-refractivity contribution in [1.82, 2.24) is 10.3 Å². The van der Waals surface area contributed by atoms with Crippen molar-refractivity contribution in [2.45, 2.75) is 31.2 Å². The molecule has 3 rings (SSSR count). The van der Waals surface area contributed by atoms with Crippen LogP contribution in [0, 0.1) is 18.2 Å². The molecule has 1 aliphatic rings. The molecule has 0 aliphatic heterocycles. The average Bonchev–Trinajstić information content (AvgIpc) is 3.09. The van der Waals surface area contributed by atoms with Gasteiger partial charge in [0.2, 0.25) is 0 Å². The largest absolute Gasteiger partial charge is 0.367 e. The molecule has 2 N–H and O–H groups in total. The molecule has 1 amide bonds. The van der Waals surface area contributed by atoms with Gasteiger partial charge in [0, 0.05) is 18.2 Å². The Labute approximate surface area is 146 Å². The molecule has 128 valence electrons. The first kappa shape index (κ1) is 17.0. The summed E-state index contributed by atoms with van der Waals surface area (Å²) in [5.74, 6) is 2.98. The summed E-state index contributed by atoms with van der Waals surface area (Å²) >= 11 is 0. The molecule has 0 saturated heterocycles. The molecule has 0 spiro atoms. The number of nitrogens with one attached hydrogen (secondary N) is 2. The lowest BCUT2D eigenvalue weighted by atomic mass is 9.94. The van der Waals surface area contributed by atoms with Gasteiger partial charge >= 0.3 is 0 Å². The van der Waals surface area contributed by atoms with Crippen LogP contribution in [0.5, 0.6) is 0 Å². The standard InChI is InChI=1S/C20H20FN3O/c1-2-12-22-20(25)15-8-11-19(23-13-15)24-18-5-3-4-17(18)14-6-9-16(21)10-7-14/h1,6-11,13,17-18H,3-5,12H2,(H,22,25)(H,23,24). The summed E-state index contributed by atoms with van der Waals surface area (Å²) in [5, 5.41) is 6.05. The molecule has 2 aromatic rings. The first-order chi connectivity index (χ1) is 12.2. The lowest BCUT2D eigenvalue weighted by Gasteiger charge is -2.22. The molecule has 1 aromatic heterocycles. The van der Waals surface area contributed by atoms with Crippen LogP contribution in [0.3, 0.4) is 0 Å². The molecule has 2 atom stereocenters. The topological polar surface area (TPSA) is 54.0 Å². The molecular weight excluding hydrogens is 317 g/mol. The lowest BCUT2D eigenvalue weighted by Crippen LogP contribution is -2.25. The van der Waals surface area contributed by atoms with Gasteiger partial charge in [0.25, 0.3) is 5.91 Å². The molecule has 25 heavy (non-hydrogen) atoms. The Bertz CT molecular complexity index is 765. The highest BCUT2D eigenvalue weighted by Gasteiger charge is 2.28. The molecule has 5 heteroatoms. The number of carbonyl (C=O) groups excluding carboxylic acids is 1. The fraction of sp³-hybridized carbons (Fsp3) is 0.300. The van der Waals surface area contributed by atoms with Crippen molar-refractivity contribution >= 4 is 11.7 Å². The van der Waals surface area contributed by atoms with Gasteiger partial charge in [0.05, 0.1) is 12.1 Å². The number of hydrogen-bond acceptors (Lipinski definition) is 3. The first-order valence-electron chi connectivity index (χ1n) is 8.37. The fourth-order valence-corrected chi connectivity index (χ4v) is 3.28. The number of carbonyl (C=O) groups is 1. The van der Waals surface area contributed by atoms with E-state index in [4.69, 9.17) is 6.42 Å². The monoisotopic (exact) mass is 337 g/mol. The zero-order chi connectivity index (χ0) is 17.6. The van der Waals surface area contributed by atoms with Crippen LogP contribution < -0.4 is 10.6 Å². The maximum absolute atomic E-state index is 13.1. The molecule has 1 aromatic carbocycles. The molecule has 1 fully saturated rings. The summed E-state index contributed by atoms with van der Waals surface area (Å²) in [6.07, 6.45) is 9.88. The highest BCUT2D eigenvalue weighted by Crippen LogP contribution is 2.36. The lowest BCUT2D eigenvalue weighted by molar-refractivity contribution is 0.0958. The van der Waals surface area contributed by atoms with Gasteiger partial charge in [-0.15, -0.1) is 6.42 Å². The Balaban J connectivity index is 1.66. The van der Waals surface area contributed by atoms with Crippen LogP contribution in [0.25, 0.3) is 0 Å². The zero-order valence-corrected chi connectivity index (χ0v) is 13.8. The number of nitrogens with zero attached hydrogens (tertiary/aromatic N) is 1. The van der Waals surface area contributed by atoms with Crippen LogP contribution in [0.15, 0.2) is 42.6 Å². The minimum absolute atomic E-state index is 0.195. The highest BCUT2D eigenvalue weighted by molar-refractivity contribution is 5.94. The smallest absolute Gasteiger partial charge is 0.253 e. The van der Waals surface area contributed by atoms with Crippen molar-refractivity contribution in [3.63, 3.8) is 0 Å². The number of rotatable bonds is 5. The normalized spacial score (nSPS) is 19.2. The quantitative estimate of drug-likeness (QED) is 0.823. The second-order valence-corrected chi connectivity index (χ2v) is 6.16. The molecule has 4 nitrogen and oxygen atoms in total. The highest BCUT2D eigenvalue weighted by atomic mass is 19.1. The van der Waals surface area contributed by atoms with Crippen molar-refractivity contribution in [3.8, 4) is 12.3 Å². The van der Waals surface area contributed by atoms with E-state index in [1.165, 1.54) is 18.3 Å². The van der Waals surface area contributed by atoms with Crippen LogP contribution in [0.2, 0.25) is 0 Å². The van der Waals surface area contributed by atoms with E-state index in [0.29, 0.717) is 11.5 Å². The minimum Gasteiger partial charge on any atom is -0.367 e. The average molecular weight is 337 g/mol. The fourth-order valence-electron chi connectivity index (χ4n) is 3.28. The Kier molecular flexibility index (Phi) is 5.30. The van der Waals surface area contributed by atoms with Crippen LogP contribution in [-0.4, -0.2) is 23.5 Å².